The van der Waals surface area contributed by atoms with Crippen molar-refractivity contribution in [1.82, 2.24) is 10.3 Å². The Balaban J connectivity index is 1.97. The summed E-state index contributed by atoms with van der Waals surface area (Å²) in [5, 5.41) is 12.3. The topological polar surface area (TPSA) is 88.2 Å². The number of nitrogens with two attached hydrogens (primary N) is 1. The lowest BCUT2D eigenvalue weighted by Gasteiger charge is -2.15. The van der Waals surface area contributed by atoms with Crippen molar-refractivity contribution in [2.24, 2.45) is 5.73 Å². The van der Waals surface area contributed by atoms with E-state index in [9.17, 15) is 9.90 Å². The Morgan fingerprint density at radius 3 is 2.82 bits per heavy atom. The van der Waals surface area contributed by atoms with Gasteiger partial charge in [-0.3, -0.25) is 9.78 Å². The smallest absolute Gasteiger partial charge is 0.224 e. The van der Waals surface area contributed by atoms with E-state index in [2.05, 4.69) is 10.3 Å². The first-order valence-electron chi connectivity index (χ1n) is 7.27. The first-order valence-corrected chi connectivity index (χ1v) is 7.27. The quantitative estimate of drug-likeness (QED) is 0.745. The molecule has 116 valence electrons. The SMILES string of the molecule is C[C@H](N)C(O)CNC(=O)Cc1cccc(-c2ccccn2)c1. The molecule has 0 saturated heterocycles. The Labute approximate surface area is 130 Å². The molecule has 2 atom stereocenters. The third kappa shape index (κ3) is 4.65. The summed E-state index contributed by atoms with van der Waals surface area (Å²) in [5.41, 5.74) is 8.30. The highest BCUT2D eigenvalue weighted by atomic mass is 16.3. The fraction of sp³-hybridized carbons (Fsp3) is 0.294. The summed E-state index contributed by atoms with van der Waals surface area (Å²) in [6, 6.07) is 13.1. The van der Waals surface area contributed by atoms with E-state index >= 15 is 0 Å². The summed E-state index contributed by atoms with van der Waals surface area (Å²) in [5.74, 6) is -0.141. The zero-order chi connectivity index (χ0) is 15.9. The zero-order valence-corrected chi connectivity index (χ0v) is 12.6. The summed E-state index contributed by atoms with van der Waals surface area (Å²) in [7, 11) is 0. The normalized spacial score (nSPS) is 13.4. The number of nitrogens with one attached hydrogen (secondary N) is 1. The number of hydrogen-bond acceptors (Lipinski definition) is 4. The van der Waals surface area contributed by atoms with Gasteiger partial charge in [-0.25, -0.2) is 0 Å². The van der Waals surface area contributed by atoms with Crippen molar-refractivity contribution in [3.05, 3.63) is 54.2 Å². The first-order chi connectivity index (χ1) is 10.6. The molecule has 0 spiro atoms. The van der Waals surface area contributed by atoms with Crippen LogP contribution >= 0.6 is 0 Å². The molecular formula is C17H21N3O2. The molecule has 0 aliphatic carbocycles. The standard InChI is InChI=1S/C17H21N3O2/c1-12(18)16(21)11-20-17(22)10-13-5-4-6-14(9-13)15-7-2-3-8-19-15/h2-9,12,16,21H,10-11,18H2,1H3,(H,20,22)/t12-,16?/m0/s1. The van der Waals surface area contributed by atoms with Crippen LogP contribution in [0.2, 0.25) is 0 Å². The average molecular weight is 299 g/mol. The second-order valence-electron chi connectivity index (χ2n) is 5.32. The molecule has 1 unspecified atom stereocenters. The highest BCUT2D eigenvalue weighted by Crippen LogP contribution is 2.17. The van der Waals surface area contributed by atoms with E-state index in [1.54, 1.807) is 13.1 Å². The van der Waals surface area contributed by atoms with Gasteiger partial charge in [0.05, 0.1) is 18.2 Å². The molecule has 22 heavy (non-hydrogen) atoms. The van der Waals surface area contributed by atoms with E-state index in [0.29, 0.717) is 0 Å². The molecule has 5 nitrogen and oxygen atoms in total. The predicted octanol–water partition coefficient (Wildman–Crippen LogP) is 1.12. The third-order valence-corrected chi connectivity index (χ3v) is 3.37. The van der Waals surface area contributed by atoms with Gasteiger partial charge in [0.1, 0.15) is 0 Å². The third-order valence-electron chi connectivity index (χ3n) is 3.37. The number of carbonyl (C=O) groups is 1. The number of aliphatic hydroxyl groups is 1. The van der Waals surface area contributed by atoms with Gasteiger partial charge in [0.2, 0.25) is 5.91 Å². The molecule has 4 N–H and O–H groups in total. The summed E-state index contributed by atoms with van der Waals surface area (Å²) >= 11 is 0. The van der Waals surface area contributed by atoms with Crippen LogP contribution in [-0.2, 0) is 11.2 Å². The number of benzene rings is 1. The number of hydrogen-bond donors (Lipinski definition) is 3. The monoisotopic (exact) mass is 299 g/mol. The number of nitrogens with zero attached hydrogens (tertiary/aromatic N) is 1. The van der Waals surface area contributed by atoms with E-state index in [1.807, 2.05) is 42.5 Å². The number of amides is 1. The van der Waals surface area contributed by atoms with Crippen LogP contribution < -0.4 is 11.1 Å². The molecule has 0 bridgehead atoms. The van der Waals surface area contributed by atoms with Gasteiger partial charge in [-0.05, 0) is 30.7 Å². The van der Waals surface area contributed by atoms with Gasteiger partial charge in [0.25, 0.3) is 0 Å². The summed E-state index contributed by atoms with van der Waals surface area (Å²) in [4.78, 5) is 16.2. The molecule has 2 aromatic rings. The molecule has 1 amide bonds. The lowest BCUT2D eigenvalue weighted by atomic mass is 10.1. The molecule has 5 heteroatoms. The highest BCUT2D eigenvalue weighted by Gasteiger charge is 2.11. The van der Waals surface area contributed by atoms with Crippen LogP contribution in [0.5, 0.6) is 0 Å². The minimum absolute atomic E-state index is 0.141. The largest absolute Gasteiger partial charge is 0.390 e. The number of aliphatic hydroxyl groups excluding tert-OH is 1. The molecule has 0 fully saturated rings. The number of pyridine rings is 1. The summed E-state index contributed by atoms with van der Waals surface area (Å²) < 4.78 is 0. The summed E-state index contributed by atoms with van der Waals surface area (Å²) in [6.45, 7) is 1.86. The molecule has 0 radical (unpaired) electrons. The van der Waals surface area contributed by atoms with Crippen molar-refractivity contribution in [2.45, 2.75) is 25.5 Å². The Hall–Kier alpha value is -2.24. The highest BCUT2D eigenvalue weighted by molar-refractivity contribution is 5.79. The lowest BCUT2D eigenvalue weighted by Crippen LogP contribution is -2.42. The van der Waals surface area contributed by atoms with Crippen LogP contribution in [0.3, 0.4) is 0 Å². The van der Waals surface area contributed by atoms with E-state index in [1.165, 1.54) is 0 Å². The first kappa shape index (κ1) is 16.1. The zero-order valence-electron chi connectivity index (χ0n) is 12.6. The van der Waals surface area contributed by atoms with Crippen molar-refractivity contribution in [3.63, 3.8) is 0 Å². The van der Waals surface area contributed by atoms with E-state index in [0.717, 1.165) is 16.8 Å². The molecule has 2 rings (SSSR count). The van der Waals surface area contributed by atoms with Crippen LogP contribution in [0.4, 0.5) is 0 Å². The van der Waals surface area contributed by atoms with Gasteiger partial charge in [0, 0.05) is 24.3 Å². The van der Waals surface area contributed by atoms with E-state index < -0.39 is 6.10 Å². The fourth-order valence-electron chi connectivity index (χ4n) is 2.03. The predicted molar refractivity (Wildman–Crippen MR) is 86.0 cm³/mol. The minimum atomic E-state index is -0.733. The average Bonchev–Trinajstić information content (AvgIpc) is 2.53. The Kier molecular flexibility index (Phi) is 5.63. The van der Waals surface area contributed by atoms with Crippen LogP contribution in [0, 0.1) is 0 Å². The molecule has 0 saturated carbocycles. The van der Waals surface area contributed by atoms with E-state index in [4.69, 9.17) is 5.73 Å². The van der Waals surface area contributed by atoms with Crippen molar-refractivity contribution in [1.29, 1.82) is 0 Å². The Morgan fingerprint density at radius 2 is 2.14 bits per heavy atom. The van der Waals surface area contributed by atoms with Crippen LogP contribution in [0.1, 0.15) is 12.5 Å². The van der Waals surface area contributed by atoms with Gasteiger partial charge in [-0.15, -0.1) is 0 Å². The Bertz CT molecular complexity index is 614. The van der Waals surface area contributed by atoms with Crippen molar-refractivity contribution in [3.8, 4) is 11.3 Å². The second kappa shape index (κ2) is 7.68. The maximum Gasteiger partial charge on any atom is 0.224 e. The van der Waals surface area contributed by atoms with Crippen molar-refractivity contribution < 1.29 is 9.90 Å². The van der Waals surface area contributed by atoms with Gasteiger partial charge < -0.3 is 16.2 Å². The van der Waals surface area contributed by atoms with Gasteiger partial charge >= 0.3 is 0 Å². The van der Waals surface area contributed by atoms with Crippen molar-refractivity contribution in [2.75, 3.05) is 6.54 Å². The molecule has 1 aromatic carbocycles. The van der Waals surface area contributed by atoms with Crippen molar-refractivity contribution >= 4 is 5.91 Å². The van der Waals surface area contributed by atoms with Gasteiger partial charge in [0.15, 0.2) is 0 Å². The number of rotatable bonds is 6. The van der Waals surface area contributed by atoms with Gasteiger partial charge in [-0.1, -0.05) is 24.3 Å². The van der Waals surface area contributed by atoms with Gasteiger partial charge in [-0.2, -0.15) is 0 Å². The van der Waals surface area contributed by atoms with Crippen LogP contribution in [0.15, 0.2) is 48.7 Å². The number of aromatic nitrogens is 1. The molecule has 1 heterocycles. The summed E-state index contributed by atoms with van der Waals surface area (Å²) in [6.07, 6.45) is 1.26. The number of carbonyl (C=O) groups excluding carboxylic acids is 1. The van der Waals surface area contributed by atoms with E-state index in [-0.39, 0.29) is 24.9 Å². The maximum absolute atomic E-state index is 11.9. The second-order valence-corrected chi connectivity index (χ2v) is 5.32. The Morgan fingerprint density at radius 1 is 1.32 bits per heavy atom. The maximum atomic E-state index is 11.9. The molecule has 1 aromatic heterocycles. The minimum Gasteiger partial charge on any atom is -0.390 e. The molecule has 0 aliphatic heterocycles. The van der Waals surface area contributed by atoms with Crippen LogP contribution in [0.25, 0.3) is 11.3 Å². The van der Waals surface area contributed by atoms with Crippen LogP contribution in [-0.4, -0.2) is 34.7 Å². The molecular weight excluding hydrogens is 278 g/mol. The molecule has 0 aliphatic rings. The lowest BCUT2D eigenvalue weighted by molar-refractivity contribution is -0.120. The fourth-order valence-corrected chi connectivity index (χ4v) is 2.03.